The molecule has 0 spiro atoms. The number of ketones is 1. The highest BCUT2D eigenvalue weighted by atomic mass is 16.1. The van der Waals surface area contributed by atoms with Gasteiger partial charge in [0, 0.05) is 23.9 Å². The maximum Gasteiger partial charge on any atom is 0.167 e. The smallest absolute Gasteiger partial charge is 0.167 e. The maximum absolute atomic E-state index is 12.3. The lowest BCUT2D eigenvalue weighted by Gasteiger charge is -2.11. The molecule has 98 valence electrons. The highest BCUT2D eigenvalue weighted by Gasteiger charge is 2.31. The minimum absolute atomic E-state index is 0.0131. The van der Waals surface area contributed by atoms with E-state index in [4.69, 9.17) is 0 Å². The van der Waals surface area contributed by atoms with Crippen molar-refractivity contribution in [3.05, 3.63) is 47.5 Å². The third kappa shape index (κ3) is 2.07. The summed E-state index contributed by atoms with van der Waals surface area (Å²) < 4.78 is 1.90. The summed E-state index contributed by atoms with van der Waals surface area (Å²) in [7, 11) is 0. The van der Waals surface area contributed by atoms with E-state index in [0.29, 0.717) is 6.42 Å². The average molecular weight is 255 g/mol. The van der Waals surface area contributed by atoms with Gasteiger partial charge in [0.2, 0.25) is 0 Å². The highest BCUT2D eigenvalue weighted by molar-refractivity contribution is 6.02. The van der Waals surface area contributed by atoms with Crippen molar-refractivity contribution >= 4 is 5.78 Å². The Balaban J connectivity index is 1.83. The van der Waals surface area contributed by atoms with Gasteiger partial charge in [-0.2, -0.15) is 5.10 Å². The van der Waals surface area contributed by atoms with Crippen molar-refractivity contribution in [1.82, 2.24) is 14.8 Å². The van der Waals surface area contributed by atoms with Gasteiger partial charge in [0.25, 0.3) is 0 Å². The molecule has 0 saturated heterocycles. The minimum atomic E-state index is 0.0131. The Morgan fingerprint density at radius 3 is 2.89 bits per heavy atom. The fraction of sp³-hybridized carbons (Fsp3) is 0.400. The summed E-state index contributed by atoms with van der Waals surface area (Å²) >= 11 is 0. The zero-order valence-corrected chi connectivity index (χ0v) is 11.2. The number of fused-ring (bicyclic) bond motifs is 1. The molecule has 1 aliphatic rings. The molecular weight excluding hydrogens is 238 g/mol. The molecule has 0 N–H and O–H groups in total. The Hall–Kier alpha value is -1.97. The van der Waals surface area contributed by atoms with Gasteiger partial charge < -0.3 is 0 Å². The number of rotatable bonds is 3. The summed E-state index contributed by atoms with van der Waals surface area (Å²) in [6, 6.07) is 8.16. The van der Waals surface area contributed by atoms with Gasteiger partial charge in [-0.3, -0.25) is 4.79 Å². The van der Waals surface area contributed by atoms with Crippen molar-refractivity contribution in [3.63, 3.8) is 0 Å². The number of carbonyl (C=O) groups excluding carboxylic acids is 1. The summed E-state index contributed by atoms with van der Waals surface area (Å²) in [6.07, 6.45) is 3.06. The molecule has 0 bridgehead atoms. The number of Topliss-reactive ketones (excluding diaryl/α,β-unsaturated/α-hetero) is 1. The van der Waals surface area contributed by atoms with Crippen LogP contribution in [-0.2, 0) is 12.8 Å². The standard InChI is InChI=1S/C15H17N3O/c1-10(2)18-14(16-9-17-18)8-12-7-11-5-3-4-6-13(11)15(12)19/h3-6,9-10,12H,7-8H2,1-2H3. The summed E-state index contributed by atoms with van der Waals surface area (Å²) in [5, 5.41) is 4.23. The lowest BCUT2D eigenvalue weighted by atomic mass is 10.0. The first kappa shape index (κ1) is 12.1. The van der Waals surface area contributed by atoms with Crippen molar-refractivity contribution < 1.29 is 4.79 Å². The Bertz CT molecular complexity index is 615. The van der Waals surface area contributed by atoms with Crippen LogP contribution in [0.3, 0.4) is 0 Å². The largest absolute Gasteiger partial charge is 0.294 e. The van der Waals surface area contributed by atoms with E-state index < -0.39 is 0 Å². The molecule has 19 heavy (non-hydrogen) atoms. The zero-order valence-electron chi connectivity index (χ0n) is 11.2. The monoisotopic (exact) mass is 255 g/mol. The molecule has 0 amide bonds. The Labute approximate surface area is 112 Å². The first-order valence-electron chi connectivity index (χ1n) is 6.67. The average Bonchev–Trinajstić information content (AvgIpc) is 2.97. The van der Waals surface area contributed by atoms with E-state index in [2.05, 4.69) is 23.9 Å². The SMILES string of the molecule is CC(C)n1ncnc1CC1Cc2ccccc2C1=O. The summed E-state index contributed by atoms with van der Waals surface area (Å²) in [6.45, 7) is 4.15. The number of nitrogens with zero attached hydrogens (tertiary/aromatic N) is 3. The predicted molar refractivity (Wildman–Crippen MR) is 72.1 cm³/mol. The van der Waals surface area contributed by atoms with Gasteiger partial charge in [-0.25, -0.2) is 9.67 Å². The van der Waals surface area contributed by atoms with Crippen LogP contribution in [0.5, 0.6) is 0 Å². The van der Waals surface area contributed by atoms with Gasteiger partial charge in [0.05, 0.1) is 0 Å². The van der Waals surface area contributed by atoms with Crippen molar-refractivity contribution in [2.24, 2.45) is 5.92 Å². The molecule has 1 unspecified atom stereocenters. The molecule has 2 aromatic rings. The highest BCUT2D eigenvalue weighted by Crippen LogP contribution is 2.28. The molecule has 0 saturated carbocycles. The predicted octanol–water partition coefficient (Wildman–Crippen LogP) is 2.46. The van der Waals surface area contributed by atoms with Crippen molar-refractivity contribution in [2.75, 3.05) is 0 Å². The molecule has 1 atom stereocenters. The molecule has 1 heterocycles. The zero-order chi connectivity index (χ0) is 13.4. The van der Waals surface area contributed by atoms with Crippen LogP contribution in [0.4, 0.5) is 0 Å². The third-order valence-electron chi connectivity index (χ3n) is 3.69. The maximum atomic E-state index is 12.3. The van der Waals surface area contributed by atoms with Crippen molar-refractivity contribution in [3.8, 4) is 0 Å². The van der Waals surface area contributed by atoms with Gasteiger partial charge in [0.15, 0.2) is 5.78 Å². The number of benzene rings is 1. The molecular formula is C15H17N3O. The molecule has 1 aromatic heterocycles. The molecule has 0 fully saturated rings. The molecule has 0 aliphatic heterocycles. The van der Waals surface area contributed by atoms with E-state index in [9.17, 15) is 4.79 Å². The first-order valence-corrected chi connectivity index (χ1v) is 6.67. The van der Waals surface area contributed by atoms with Gasteiger partial charge in [-0.1, -0.05) is 24.3 Å². The lowest BCUT2D eigenvalue weighted by molar-refractivity contribution is 0.0934. The fourth-order valence-electron chi connectivity index (χ4n) is 2.75. The Morgan fingerprint density at radius 2 is 2.16 bits per heavy atom. The van der Waals surface area contributed by atoms with Gasteiger partial charge in [-0.15, -0.1) is 0 Å². The summed E-state index contributed by atoms with van der Waals surface area (Å²) in [5.41, 5.74) is 2.04. The number of hydrogen-bond acceptors (Lipinski definition) is 3. The van der Waals surface area contributed by atoms with Gasteiger partial charge in [-0.05, 0) is 25.8 Å². The van der Waals surface area contributed by atoms with E-state index in [-0.39, 0.29) is 17.7 Å². The molecule has 4 nitrogen and oxygen atoms in total. The molecule has 1 aliphatic carbocycles. The van der Waals surface area contributed by atoms with Crippen LogP contribution in [0, 0.1) is 5.92 Å². The van der Waals surface area contributed by atoms with Crippen LogP contribution >= 0.6 is 0 Å². The topological polar surface area (TPSA) is 47.8 Å². The Morgan fingerprint density at radius 1 is 1.37 bits per heavy atom. The summed E-state index contributed by atoms with van der Waals surface area (Å²) in [4.78, 5) is 16.6. The van der Waals surface area contributed by atoms with Crippen molar-refractivity contribution in [1.29, 1.82) is 0 Å². The van der Waals surface area contributed by atoms with Crippen LogP contribution in [0.2, 0.25) is 0 Å². The van der Waals surface area contributed by atoms with E-state index in [1.165, 1.54) is 0 Å². The van der Waals surface area contributed by atoms with Gasteiger partial charge >= 0.3 is 0 Å². The van der Waals surface area contributed by atoms with Crippen LogP contribution in [0.15, 0.2) is 30.6 Å². The van der Waals surface area contributed by atoms with E-state index in [1.807, 2.05) is 28.9 Å². The molecule has 4 heteroatoms. The van der Waals surface area contributed by atoms with Crippen LogP contribution in [0.1, 0.15) is 41.6 Å². The quantitative estimate of drug-likeness (QED) is 0.846. The lowest BCUT2D eigenvalue weighted by Crippen LogP contribution is -2.17. The number of carbonyl (C=O) groups is 1. The van der Waals surface area contributed by atoms with E-state index in [0.717, 1.165) is 23.4 Å². The van der Waals surface area contributed by atoms with Gasteiger partial charge in [0.1, 0.15) is 12.2 Å². The normalized spacial score (nSPS) is 18.1. The summed E-state index contributed by atoms with van der Waals surface area (Å²) in [5.74, 6) is 1.16. The van der Waals surface area contributed by atoms with Crippen molar-refractivity contribution in [2.45, 2.75) is 32.7 Å². The second-order valence-electron chi connectivity index (χ2n) is 5.34. The first-order chi connectivity index (χ1) is 9.16. The molecule has 1 aromatic carbocycles. The second-order valence-corrected chi connectivity index (χ2v) is 5.34. The number of hydrogen-bond donors (Lipinski definition) is 0. The Kier molecular flexibility index (Phi) is 2.93. The van der Waals surface area contributed by atoms with Crippen LogP contribution in [-0.4, -0.2) is 20.5 Å². The van der Waals surface area contributed by atoms with E-state index >= 15 is 0 Å². The minimum Gasteiger partial charge on any atom is -0.294 e. The molecule has 3 rings (SSSR count). The molecule has 0 radical (unpaired) electrons. The van der Waals surface area contributed by atoms with Crippen LogP contribution < -0.4 is 0 Å². The number of aromatic nitrogens is 3. The van der Waals surface area contributed by atoms with Crippen LogP contribution in [0.25, 0.3) is 0 Å². The second kappa shape index (κ2) is 4.61. The fourth-order valence-corrected chi connectivity index (χ4v) is 2.75. The van der Waals surface area contributed by atoms with E-state index in [1.54, 1.807) is 6.33 Å². The third-order valence-corrected chi connectivity index (χ3v) is 3.69.